The zero-order valence-electron chi connectivity index (χ0n) is 6.81. The molecule has 0 heterocycles. The third-order valence-corrected chi connectivity index (χ3v) is 2.29. The molecule has 0 aliphatic rings. The molecular weight excluding hydrogens is 234 g/mol. The summed E-state index contributed by atoms with van der Waals surface area (Å²) in [7, 11) is -4.33. The molecule has 0 saturated heterocycles. The van der Waals surface area contributed by atoms with Gasteiger partial charge in [-0.2, -0.15) is 0 Å². The molecule has 13 heavy (non-hydrogen) atoms. The van der Waals surface area contributed by atoms with Gasteiger partial charge in [-0.3, -0.25) is 0 Å². The van der Waals surface area contributed by atoms with Crippen molar-refractivity contribution in [3.05, 3.63) is 35.9 Å². The van der Waals surface area contributed by atoms with E-state index in [1.165, 1.54) is 0 Å². The summed E-state index contributed by atoms with van der Waals surface area (Å²) in [6.45, 7) is 0. The molecule has 1 radical (unpaired) electrons. The van der Waals surface area contributed by atoms with E-state index in [1.807, 2.05) is 18.2 Å². The van der Waals surface area contributed by atoms with Crippen LogP contribution < -0.4 is 9.79 Å². The Morgan fingerprint density at radius 3 is 2.15 bits per heavy atom. The van der Waals surface area contributed by atoms with Crippen molar-refractivity contribution in [2.24, 2.45) is 0 Å². The zero-order chi connectivity index (χ0) is 9.03. The van der Waals surface area contributed by atoms with E-state index in [0.29, 0.717) is 6.42 Å². The molecule has 0 bridgehead atoms. The van der Waals surface area contributed by atoms with Crippen LogP contribution >= 0.6 is 7.60 Å². The van der Waals surface area contributed by atoms with Crippen LogP contribution in [0.1, 0.15) is 5.56 Å². The third kappa shape index (κ3) is 6.02. The molecule has 0 atom stereocenters. The molecule has 0 amide bonds. The molecule has 0 aliphatic carbocycles. The fourth-order valence-electron chi connectivity index (χ4n) is 0.911. The fourth-order valence-corrected chi connectivity index (χ4v) is 1.44. The minimum atomic E-state index is -4.33. The molecule has 0 aromatic heterocycles. The molecule has 73 valence electrons. The molecule has 1 rings (SSSR count). The van der Waals surface area contributed by atoms with Gasteiger partial charge in [0.1, 0.15) is 0 Å². The SMILES string of the molecule is O=P([O-])([O-])CCc1ccccc1.[Co+2]. The Morgan fingerprint density at radius 1 is 1.15 bits per heavy atom. The first-order valence-corrected chi connectivity index (χ1v) is 5.36. The Kier molecular flexibility index (Phi) is 5.52. The molecule has 1 aromatic rings. The number of hydrogen-bond donors (Lipinski definition) is 0. The minimum Gasteiger partial charge on any atom is -0.811 e. The van der Waals surface area contributed by atoms with Crippen LogP contribution in [-0.2, 0) is 27.8 Å². The predicted octanol–water partition coefficient (Wildman–Crippen LogP) is 0.140. The summed E-state index contributed by atoms with van der Waals surface area (Å²) in [5.41, 5.74) is 0.879. The molecule has 0 aliphatic heterocycles. The van der Waals surface area contributed by atoms with Crippen molar-refractivity contribution in [1.29, 1.82) is 0 Å². The monoisotopic (exact) mass is 243 g/mol. The number of rotatable bonds is 3. The minimum absolute atomic E-state index is 0. The van der Waals surface area contributed by atoms with E-state index in [0.717, 1.165) is 5.56 Å². The van der Waals surface area contributed by atoms with Crippen molar-refractivity contribution < 1.29 is 31.1 Å². The van der Waals surface area contributed by atoms with Crippen molar-refractivity contribution in [3.63, 3.8) is 0 Å². The average Bonchev–Trinajstić information content (AvgIpc) is 2.02. The van der Waals surface area contributed by atoms with Crippen LogP contribution in [0.5, 0.6) is 0 Å². The maximum Gasteiger partial charge on any atom is 2.00 e. The smallest absolute Gasteiger partial charge is 0.811 e. The maximum atomic E-state index is 10.3. The maximum absolute atomic E-state index is 10.3. The molecule has 3 nitrogen and oxygen atoms in total. The van der Waals surface area contributed by atoms with Gasteiger partial charge in [-0.1, -0.05) is 37.9 Å². The normalized spacial score (nSPS) is 10.6. The third-order valence-electron chi connectivity index (χ3n) is 1.52. The standard InChI is InChI=1S/C8H11O3P.Co/c9-12(10,11)7-6-8-4-2-1-3-5-8;/h1-5H,6-7H2,(H2,9,10,11);/q;+2/p-2. The van der Waals surface area contributed by atoms with Gasteiger partial charge in [0.05, 0.1) is 0 Å². The second kappa shape index (κ2) is 5.57. The van der Waals surface area contributed by atoms with Crippen LogP contribution in [0.4, 0.5) is 0 Å². The van der Waals surface area contributed by atoms with Gasteiger partial charge in [0.15, 0.2) is 0 Å². The number of benzene rings is 1. The van der Waals surface area contributed by atoms with E-state index in [9.17, 15) is 14.4 Å². The van der Waals surface area contributed by atoms with E-state index in [-0.39, 0.29) is 22.9 Å². The molecule has 0 saturated carbocycles. The van der Waals surface area contributed by atoms with Crippen LogP contribution in [0, 0.1) is 0 Å². The van der Waals surface area contributed by atoms with E-state index in [1.54, 1.807) is 12.1 Å². The van der Waals surface area contributed by atoms with E-state index < -0.39 is 7.60 Å². The average molecular weight is 243 g/mol. The van der Waals surface area contributed by atoms with Crippen molar-refractivity contribution >= 4 is 7.60 Å². The van der Waals surface area contributed by atoms with Crippen LogP contribution in [0.2, 0.25) is 0 Å². The summed E-state index contributed by atoms with van der Waals surface area (Å²) in [6.07, 6.45) is 0.0160. The summed E-state index contributed by atoms with van der Waals surface area (Å²) in [6, 6.07) is 9.08. The first kappa shape index (κ1) is 12.9. The summed E-state index contributed by atoms with van der Waals surface area (Å²) in [4.78, 5) is 20.6. The summed E-state index contributed by atoms with van der Waals surface area (Å²) >= 11 is 0. The quantitative estimate of drug-likeness (QED) is 0.709. The Labute approximate surface area is 87.5 Å². The predicted molar refractivity (Wildman–Crippen MR) is 42.6 cm³/mol. The molecule has 1 aromatic carbocycles. The van der Waals surface area contributed by atoms with Gasteiger partial charge in [0.25, 0.3) is 0 Å². The summed E-state index contributed by atoms with van der Waals surface area (Å²) < 4.78 is 10.3. The second-order valence-electron chi connectivity index (χ2n) is 2.57. The topological polar surface area (TPSA) is 63.2 Å². The largest absolute Gasteiger partial charge is 2.00 e. The summed E-state index contributed by atoms with van der Waals surface area (Å²) in [5.74, 6) is 0. The molecule has 0 unspecified atom stereocenters. The van der Waals surface area contributed by atoms with Crippen LogP contribution in [0.25, 0.3) is 0 Å². The summed E-state index contributed by atoms with van der Waals surface area (Å²) in [5, 5.41) is 0. The first-order valence-electron chi connectivity index (χ1n) is 3.63. The van der Waals surface area contributed by atoms with Crippen molar-refractivity contribution in [2.75, 3.05) is 6.16 Å². The molecule has 0 spiro atoms. The van der Waals surface area contributed by atoms with Gasteiger partial charge in [-0.05, 0) is 18.1 Å². The number of hydrogen-bond acceptors (Lipinski definition) is 3. The molecule has 0 N–H and O–H groups in total. The second-order valence-corrected chi connectivity index (χ2v) is 4.24. The Hall–Kier alpha value is -0.124. The van der Waals surface area contributed by atoms with Crippen LogP contribution in [0.15, 0.2) is 30.3 Å². The van der Waals surface area contributed by atoms with Gasteiger partial charge < -0.3 is 14.4 Å². The Bertz CT molecular complexity index is 283. The number of aryl methyl sites for hydroxylation is 1. The zero-order valence-corrected chi connectivity index (χ0v) is 8.74. The van der Waals surface area contributed by atoms with Crippen LogP contribution in [0.3, 0.4) is 0 Å². The molecular formula is C8H9CoO3P. The van der Waals surface area contributed by atoms with Crippen molar-refractivity contribution in [3.8, 4) is 0 Å². The van der Waals surface area contributed by atoms with E-state index >= 15 is 0 Å². The Morgan fingerprint density at radius 2 is 1.69 bits per heavy atom. The van der Waals surface area contributed by atoms with E-state index in [4.69, 9.17) is 0 Å². The van der Waals surface area contributed by atoms with Gasteiger partial charge in [-0.15, -0.1) is 0 Å². The molecule has 0 fully saturated rings. The van der Waals surface area contributed by atoms with Crippen LogP contribution in [-0.4, -0.2) is 6.16 Å². The van der Waals surface area contributed by atoms with E-state index in [2.05, 4.69) is 0 Å². The van der Waals surface area contributed by atoms with Crippen molar-refractivity contribution in [1.82, 2.24) is 0 Å². The van der Waals surface area contributed by atoms with Gasteiger partial charge in [0, 0.05) is 0 Å². The first-order chi connectivity index (χ1) is 5.58. The fraction of sp³-hybridized carbons (Fsp3) is 0.250. The van der Waals surface area contributed by atoms with Crippen molar-refractivity contribution in [2.45, 2.75) is 6.42 Å². The Balaban J connectivity index is 0.00000144. The molecule has 5 heteroatoms. The van der Waals surface area contributed by atoms with Gasteiger partial charge >= 0.3 is 16.8 Å². The van der Waals surface area contributed by atoms with Gasteiger partial charge in [-0.25, -0.2) is 0 Å². The van der Waals surface area contributed by atoms with Gasteiger partial charge in [0.2, 0.25) is 0 Å².